The van der Waals surface area contributed by atoms with Crippen molar-refractivity contribution in [2.24, 2.45) is 0 Å². The standard InChI is InChI=1S/C48H32N2O/c1-4-15-33(16-5-1)35-19-12-22-37(31-35)49(45-27-14-25-41-40-23-10-11-28-46(40)51-48(41)45)38-29-30-43-42(32-38)47-39(34-17-6-2-7-18-34)24-13-26-44(47)50(43)36-20-8-3-9-21-36/h1-32H. The lowest BCUT2D eigenvalue weighted by Gasteiger charge is -2.26. The van der Waals surface area contributed by atoms with E-state index in [0.717, 1.165) is 55.8 Å². The Balaban J connectivity index is 1.28. The second-order valence-electron chi connectivity index (χ2n) is 12.9. The molecule has 51 heavy (non-hydrogen) atoms. The summed E-state index contributed by atoms with van der Waals surface area (Å²) in [4.78, 5) is 2.35. The van der Waals surface area contributed by atoms with Gasteiger partial charge in [-0.3, -0.25) is 0 Å². The third-order valence-electron chi connectivity index (χ3n) is 9.97. The molecule has 0 aliphatic carbocycles. The Kier molecular flexibility index (Phi) is 6.81. The summed E-state index contributed by atoms with van der Waals surface area (Å²) < 4.78 is 9.06. The predicted molar refractivity (Wildman–Crippen MR) is 214 cm³/mol. The largest absolute Gasteiger partial charge is 0.454 e. The van der Waals surface area contributed by atoms with Crippen LogP contribution in [0.4, 0.5) is 17.1 Å². The van der Waals surface area contributed by atoms with Gasteiger partial charge in [-0.1, -0.05) is 133 Å². The number of hydrogen-bond acceptors (Lipinski definition) is 2. The summed E-state index contributed by atoms with van der Waals surface area (Å²) in [6.07, 6.45) is 0. The molecule has 240 valence electrons. The first-order chi connectivity index (χ1) is 25.3. The highest BCUT2D eigenvalue weighted by molar-refractivity contribution is 6.17. The van der Waals surface area contributed by atoms with Gasteiger partial charge in [0.15, 0.2) is 5.58 Å². The third kappa shape index (κ3) is 4.82. The zero-order chi connectivity index (χ0) is 33.7. The molecule has 3 nitrogen and oxygen atoms in total. The molecule has 0 bridgehead atoms. The average molecular weight is 653 g/mol. The first kappa shape index (κ1) is 29.1. The molecule has 2 heterocycles. The molecule has 0 N–H and O–H groups in total. The van der Waals surface area contributed by atoms with Crippen molar-refractivity contribution in [3.05, 3.63) is 194 Å². The molecule has 0 spiro atoms. The number of fused-ring (bicyclic) bond motifs is 6. The summed E-state index contributed by atoms with van der Waals surface area (Å²) in [5.74, 6) is 0. The quantitative estimate of drug-likeness (QED) is 0.178. The molecule has 0 radical (unpaired) electrons. The highest BCUT2D eigenvalue weighted by Crippen LogP contribution is 2.46. The zero-order valence-electron chi connectivity index (χ0n) is 27.8. The van der Waals surface area contributed by atoms with Gasteiger partial charge in [-0.2, -0.15) is 0 Å². The SMILES string of the molecule is c1ccc(-c2cccc(N(c3ccc4c(c3)c3c(-c5ccccc5)cccc3n4-c3ccccc3)c3cccc4c3oc3ccccc34)c2)cc1. The van der Waals surface area contributed by atoms with Gasteiger partial charge in [0.05, 0.1) is 16.7 Å². The summed E-state index contributed by atoms with van der Waals surface area (Å²) in [5, 5.41) is 4.62. The van der Waals surface area contributed by atoms with Gasteiger partial charge >= 0.3 is 0 Å². The molecule has 0 unspecified atom stereocenters. The number of para-hydroxylation sites is 3. The maximum atomic E-state index is 6.67. The summed E-state index contributed by atoms with van der Waals surface area (Å²) in [6, 6.07) is 69.1. The average Bonchev–Trinajstić information content (AvgIpc) is 3.75. The van der Waals surface area contributed by atoms with Gasteiger partial charge in [0, 0.05) is 38.6 Å². The molecule has 3 heteroatoms. The van der Waals surface area contributed by atoms with Crippen molar-refractivity contribution in [3.8, 4) is 27.9 Å². The molecular formula is C48H32N2O. The minimum atomic E-state index is 0.862. The maximum absolute atomic E-state index is 6.67. The van der Waals surface area contributed by atoms with Crippen LogP contribution in [0, 0.1) is 0 Å². The second-order valence-corrected chi connectivity index (χ2v) is 12.9. The van der Waals surface area contributed by atoms with Crippen molar-refractivity contribution in [1.82, 2.24) is 4.57 Å². The first-order valence-electron chi connectivity index (χ1n) is 17.4. The van der Waals surface area contributed by atoms with Crippen LogP contribution in [-0.4, -0.2) is 4.57 Å². The van der Waals surface area contributed by atoms with E-state index in [0.29, 0.717) is 0 Å². The monoisotopic (exact) mass is 652 g/mol. The smallest absolute Gasteiger partial charge is 0.159 e. The number of benzene rings is 8. The van der Waals surface area contributed by atoms with Crippen molar-refractivity contribution < 1.29 is 4.42 Å². The van der Waals surface area contributed by atoms with Gasteiger partial charge in [-0.15, -0.1) is 0 Å². The Hall–Kier alpha value is -6.84. The van der Waals surface area contributed by atoms with Crippen LogP contribution in [0.2, 0.25) is 0 Å². The van der Waals surface area contributed by atoms with Crippen molar-refractivity contribution in [2.75, 3.05) is 4.90 Å². The Morgan fingerprint density at radius 1 is 0.412 bits per heavy atom. The highest BCUT2D eigenvalue weighted by atomic mass is 16.3. The van der Waals surface area contributed by atoms with Crippen molar-refractivity contribution >= 4 is 60.8 Å². The lowest BCUT2D eigenvalue weighted by Crippen LogP contribution is -2.10. The Morgan fingerprint density at radius 2 is 1.06 bits per heavy atom. The zero-order valence-corrected chi connectivity index (χ0v) is 27.8. The molecule has 0 aliphatic heterocycles. The van der Waals surface area contributed by atoms with E-state index in [9.17, 15) is 0 Å². The molecular weight excluding hydrogens is 621 g/mol. The predicted octanol–water partition coefficient (Wildman–Crippen LogP) is 13.5. The number of aromatic nitrogens is 1. The van der Waals surface area contributed by atoms with Crippen molar-refractivity contribution in [1.29, 1.82) is 0 Å². The molecule has 0 fully saturated rings. The summed E-state index contributed by atoms with van der Waals surface area (Å²) in [7, 11) is 0. The molecule has 2 aromatic heterocycles. The van der Waals surface area contributed by atoms with Gasteiger partial charge in [0.25, 0.3) is 0 Å². The normalized spacial score (nSPS) is 11.5. The van der Waals surface area contributed by atoms with E-state index in [1.807, 2.05) is 6.07 Å². The number of anilines is 3. The minimum Gasteiger partial charge on any atom is -0.454 e. The number of nitrogens with zero attached hydrogens (tertiary/aromatic N) is 2. The molecule has 0 atom stereocenters. The summed E-state index contributed by atoms with van der Waals surface area (Å²) in [6.45, 7) is 0. The van der Waals surface area contributed by atoms with Gasteiger partial charge in [0.1, 0.15) is 5.58 Å². The fourth-order valence-electron chi connectivity index (χ4n) is 7.70. The van der Waals surface area contributed by atoms with Crippen LogP contribution in [0.5, 0.6) is 0 Å². The Bertz CT molecular complexity index is 2850. The molecule has 0 saturated heterocycles. The molecule has 0 amide bonds. The molecule has 0 aliphatic rings. The topological polar surface area (TPSA) is 21.3 Å². The van der Waals surface area contributed by atoms with Crippen LogP contribution >= 0.6 is 0 Å². The van der Waals surface area contributed by atoms with E-state index in [2.05, 4.69) is 198 Å². The lowest BCUT2D eigenvalue weighted by molar-refractivity contribution is 0.669. The number of furan rings is 1. The van der Waals surface area contributed by atoms with Crippen LogP contribution in [0.25, 0.3) is 71.7 Å². The van der Waals surface area contributed by atoms with Gasteiger partial charge in [-0.05, 0) is 82.9 Å². The Morgan fingerprint density at radius 3 is 1.88 bits per heavy atom. The minimum absolute atomic E-state index is 0.862. The maximum Gasteiger partial charge on any atom is 0.159 e. The number of hydrogen-bond donors (Lipinski definition) is 0. The molecule has 10 rings (SSSR count). The van der Waals surface area contributed by atoms with E-state index < -0.39 is 0 Å². The first-order valence-corrected chi connectivity index (χ1v) is 17.4. The van der Waals surface area contributed by atoms with E-state index in [1.54, 1.807) is 0 Å². The van der Waals surface area contributed by atoms with E-state index in [1.165, 1.54) is 33.0 Å². The number of rotatable bonds is 6. The van der Waals surface area contributed by atoms with E-state index in [-0.39, 0.29) is 0 Å². The van der Waals surface area contributed by atoms with Crippen LogP contribution in [0.1, 0.15) is 0 Å². The lowest BCUT2D eigenvalue weighted by atomic mass is 9.99. The van der Waals surface area contributed by atoms with Crippen LogP contribution in [0.15, 0.2) is 199 Å². The van der Waals surface area contributed by atoms with E-state index >= 15 is 0 Å². The summed E-state index contributed by atoms with van der Waals surface area (Å²) >= 11 is 0. The molecule has 0 saturated carbocycles. The van der Waals surface area contributed by atoms with Crippen molar-refractivity contribution in [3.63, 3.8) is 0 Å². The van der Waals surface area contributed by atoms with E-state index in [4.69, 9.17) is 4.42 Å². The van der Waals surface area contributed by atoms with Gasteiger partial charge < -0.3 is 13.9 Å². The fraction of sp³-hybridized carbons (Fsp3) is 0. The summed E-state index contributed by atoms with van der Waals surface area (Å²) in [5.41, 5.74) is 13.0. The molecule has 8 aromatic carbocycles. The highest BCUT2D eigenvalue weighted by Gasteiger charge is 2.22. The third-order valence-corrected chi connectivity index (χ3v) is 9.97. The van der Waals surface area contributed by atoms with Gasteiger partial charge in [0.2, 0.25) is 0 Å². The van der Waals surface area contributed by atoms with Crippen LogP contribution in [-0.2, 0) is 0 Å². The second kappa shape index (κ2) is 11.9. The van der Waals surface area contributed by atoms with Gasteiger partial charge in [-0.25, -0.2) is 0 Å². The Labute approximate surface area is 295 Å². The molecule has 10 aromatic rings. The van der Waals surface area contributed by atoms with Crippen LogP contribution in [0.3, 0.4) is 0 Å². The fourth-order valence-corrected chi connectivity index (χ4v) is 7.70. The van der Waals surface area contributed by atoms with Crippen LogP contribution < -0.4 is 4.90 Å². The van der Waals surface area contributed by atoms with Crippen molar-refractivity contribution in [2.45, 2.75) is 0 Å².